The van der Waals surface area contributed by atoms with Gasteiger partial charge in [-0.25, -0.2) is 4.68 Å². The van der Waals surface area contributed by atoms with E-state index in [9.17, 15) is 4.79 Å². The molecule has 1 amide bonds. The highest BCUT2D eigenvalue weighted by molar-refractivity contribution is 6.30. The van der Waals surface area contributed by atoms with Gasteiger partial charge in [0.05, 0.1) is 11.4 Å². The zero-order chi connectivity index (χ0) is 20.5. The fourth-order valence-electron chi connectivity index (χ4n) is 3.89. The van der Waals surface area contributed by atoms with Crippen LogP contribution < -0.4 is 4.90 Å². The Balaban J connectivity index is 1.52. The second-order valence-electron chi connectivity index (χ2n) is 7.63. The maximum absolute atomic E-state index is 13.3. The van der Waals surface area contributed by atoms with E-state index in [0.29, 0.717) is 18.8 Å². The van der Waals surface area contributed by atoms with E-state index in [1.54, 1.807) is 4.68 Å². The zero-order valence-electron chi connectivity index (χ0n) is 17.0. The number of nitrogens with zero attached hydrogens (tertiary/aromatic N) is 4. The summed E-state index contributed by atoms with van der Waals surface area (Å²) in [5.74, 6) is 0.0274. The summed E-state index contributed by atoms with van der Waals surface area (Å²) in [5.41, 5.74) is 5.85. The third kappa shape index (κ3) is 4.01. The first-order valence-corrected chi connectivity index (χ1v) is 10.2. The van der Waals surface area contributed by atoms with Crippen molar-refractivity contribution in [3.05, 3.63) is 76.1 Å². The van der Waals surface area contributed by atoms with Crippen LogP contribution in [0.2, 0.25) is 5.02 Å². The van der Waals surface area contributed by atoms with Crippen LogP contribution in [0.15, 0.2) is 48.5 Å². The second kappa shape index (κ2) is 7.91. The Morgan fingerprint density at radius 2 is 1.72 bits per heavy atom. The van der Waals surface area contributed by atoms with E-state index in [1.807, 2.05) is 61.2 Å². The number of piperazine rings is 1. The third-order valence-electron chi connectivity index (χ3n) is 5.36. The molecule has 0 saturated carbocycles. The summed E-state index contributed by atoms with van der Waals surface area (Å²) in [5, 5.41) is 5.32. The van der Waals surface area contributed by atoms with Crippen LogP contribution in [0.5, 0.6) is 0 Å². The number of anilines is 1. The molecule has 29 heavy (non-hydrogen) atoms. The number of aromatic nitrogens is 2. The lowest BCUT2D eigenvalue weighted by Crippen LogP contribution is -2.49. The van der Waals surface area contributed by atoms with Gasteiger partial charge in [0, 0.05) is 36.9 Å². The number of halogens is 1. The lowest BCUT2D eigenvalue weighted by Gasteiger charge is -2.36. The fraction of sp³-hybridized carbons (Fsp3) is 0.304. The highest BCUT2D eigenvalue weighted by atomic mass is 35.5. The normalized spacial score (nSPS) is 14.3. The minimum absolute atomic E-state index is 0.0274. The minimum Gasteiger partial charge on any atom is -0.368 e. The Bertz CT molecular complexity index is 1050. The van der Waals surface area contributed by atoms with Crippen molar-refractivity contribution < 1.29 is 4.79 Å². The monoisotopic (exact) mass is 408 g/mol. The Morgan fingerprint density at radius 3 is 2.41 bits per heavy atom. The van der Waals surface area contributed by atoms with Crippen LogP contribution in [0.25, 0.3) is 5.69 Å². The van der Waals surface area contributed by atoms with Gasteiger partial charge in [0.25, 0.3) is 5.91 Å². The highest BCUT2D eigenvalue weighted by Crippen LogP contribution is 2.25. The number of carbonyl (C=O) groups excluding carboxylic acids is 1. The molecule has 0 unspecified atom stereocenters. The van der Waals surface area contributed by atoms with E-state index < -0.39 is 0 Å². The molecule has 0 atom stereocenters. The van der Waals surface area contributed by atoms with Crippen LogP contribution in [0.4, 0.5) is 5.69 Å². The first-order chi connectivity index (χ1) is 13.9. The number of hydrogen-bond donors (Lipinski definition) is 0. The third-order valence-corrected chi connectivity index (χ3v) is 5.60. The summed E-state index contributed by atoms with van der Waals surface area (Å²) >= 11 is 6.09. The largest absolute Gasteiger partial charge is 0.368 e. The van der Waals surface area contributed by atoms with Gasteiger partial charge < -0.3 is 9.80 Å². The number of hydrogen-bond acceptors (Lipinski definition) is 3. The van der Waals surface area contributed by atoms with E-state index in [4.69, 9.17) is 11.6 Å². The van der Waals surface area contributed by atoms with E-state index in [-0.39, 0.29) is 5.91 Å². The predicted molar refractivity (Wildman–Crippen MR) is 117 cm³/mol. The number of amides is 1. The lowest BCUT2D eigenvalue weighted by atomic mass is 10.1. The van der Waals surface area contributed by atoms with Gasteiger partial charge >= 0.3 is 0 Å². The molecule has 1 aliphatic heterocycles. The lowest BCUT2D eigenvalue weighted by molar-refractivity contribution is 0.0737. The standard InChI is InChI=1S/C23H25ClN4O/c1-16-5-4-6-20(13-16)28-22(15-18(3)25-28)23(29)27-11-9-26(10-12-27)21-8-7-19(24)14-17(21)2/h4-8,13-15H,9-12H2,1-3H3. The summed E-state index contributed by atoms with van der Waals surface area (Å²) in [7, 11) is 0. The summed E-state index contributed by atoms with van der Waals surface area (Å²) in [4.78, 5) is 17.5. The Morgan fingerprint density at radius 1 is 0.966 bits per heavy atom. The molecule has 4 rings (SSSR count). The molecule has 0 spiro atoms. The molecule has 150 valence electrons. The average Bonchev–Trinajstić information content (AvgIpc) is 3.09. The average molecular weight is 409 g/mol. The van der Waals surface area contributed by atoms with Gasteiger partial charge in [0.1, 0.15) is 5.69 Å². The van der Waals surface area contributed by atoms with Gasteiger partial charge in [-0.05, 0) is 68.3 Å². The first-order valence-electron chi connectivity index (χ1n) is 9.86. The van der Waals surface area contributed by atoms with Crippen LogP contribution in [0.1, 0.15) is 27.3 Å². The number of aryl methyl sites for hydroxylation is 3. The van der Waals surface area contributed by atoms with Crippen molar-refractivity contribution in [2.75, 3.05) is 31.1 Å². The predicted octanol–water partition coefficient (Wildman–Crippen LogP) is 4.41. The van der Waals surface area contributed by atoms with Crippen molar-refractivity contribution in [3.8, 4) is 5.69 Å². The number of benzene rings is 2. The molecule has 6 heteroatoms. The van der Waals surface area contributed by atoms with Crippen molar-refractivity contribution in [1.82, 2.24) is 14.7 Å². The van der Waals surface area contributed by atoms with Crippen molar-refractivity contribution in [3.63, 3.8) is 0 Å². The molecule has 0 N–H and O–H groups in total. The molecule has 1 aliphatic rings. The van der Waals surface area contributed by atoms with E-state index >= 15 is 0 Å². The van der Waals surface area contributed by atoms with Gasteiger partial charge in [0.2, 0.25) is 0 Å². The Labute approximate surface area is 176 Å². The maximum atomic E-state index is 13.3. The van der Waals surface area contributed by atoms with Crippen molar-refractivity contribution >= 4 is 23.2 Å². The Hall–Kier alpha value is -2.79. The number of rotatable bonds is 3. The first kappa shape index (κ1) is 19.5. The van der Waals surface area contributed by atoms with Crippen molar-refractivity contribution in [1.29, 1.82) is 0 Å². The smallest absolute Gasteiger partial charge is 0.272 e. The zero-order valence-corrected chi connectivity index (χ0v) is 17.8. The molecule has 0 radical (unpaired) electrons. The van der Waals surface area contributed by atoms with Crippen LogP contribution in [-0.4, -0.2) is 46.8 Å². The van der Waals surface area contributed by atoms with Gasteiger partial charge in [0.15, 0.2) is 0 Å². The molecule has 0 bridgehead atoms. The van der Waals surface area contributed by atoms with Crippen LogP contribution >= 0.6 is 11.6 Å². The van der Waals surface area contributed by atoms with Crippen LogP contribution in [-0.2, 0) is 0 Å². The molecular formula is C23H25ClN4O. The van der Waals surface area contributed by atoms with Crippen molar-refractivity contribution in [2.45, 2.75) is 20.8 Å². The van der Waals surface area contributed by atoms with Crippen molar-refractivity contribution in [2.24, 2.45) is 0 Å². The molecule has 2 aromatic carbocycles. The summed E-state index contributed by atoms with van der Waals surface area (Å²) < 4.78 is 1.76. The summed E-state index contributed by atoms with van der Waals surface area (Å²) in [6.45, 7) is 8.99. The van der Waals surface area contributed by atoms with Gasteiger partial charge in [-0.3, -0.25) is 4.79 Å². The maximum Gasteiger partial charge on any atom is 0.272 e. The minimum atomic E-state index is 0.0274. The van der Waals surface area contributed by atoms with Crippen LogP contribution in [0.3, 0.4) is 0 Å². The van der Waals surface area contributed by atoms with Gasteiger partial charge in [-0.15, -0.1) is 0 Å². The molecule has 3 aromatic rings. The molecule has 0 aliphatic carbocycles. The molecule has 2 heterocycles. The van der Waals surface area contributed by atoms with Gasteiger partial charge in [-0.1, -0.05) is 23.7 Å². The molecule has 1 saturated heterocycles. The van der Waals surface area contributed by atoms with E-state index in [1.165, 1.54) is 5.69 Å². The fourth-order valence-corrected chi connectivity index (χ4v) is 4.12. The van der Waals surface area contributed by atoms with Gasteiger partial charge in [-0.2, -0.15) is 5.10 Å². The topological polar surface area (TPSA) is 41.4 Å². The quantitative estimate of drug-likeness (QED) is 0.644. The molecule has 1 aromatic heterocycles. The highest BCUT2D eigenvalue weighted by Gasteiger charge is 2.26. The van der Waals surface area contributed by atoms with E-state index in [2.05, 4.69) is 23.0 Å². The second-order valence-corrected chi connectivity index (χ2v) is 8.07. The number of carbonyl (C=O) groups is 1. The molecule has 5 nitrogen and oxygen atoms in total. The van der Waals surface area contributed by atoms with Crippen LogP contribution in [0, 0.1) is 20.8 Å². The summed E-state index contributed by atoms with van der Waals surface area (Å²) in [6.07, 6.45) is 0. The summed E-state index contributed by atoms with van der Waals surface area (Å²) in [6, 6.07) is 15.9. The Kier molecular flexibility index (Phi) is 5.33. The molecular weight excluding hydrogens is 384 g/mol. The SMILES string of the molecule is Cc1cccc(-n2nc(C)cc2C(=O)N2CCN(c3ccc(Cl)cc3C)CC2)c1. The molecule has 1 fully saturated rings. The van der Waals surface area contributed by atoms with E-state index in [0.717, 1.165) is 40.6 Å².